The summed E-state index contributed by atoms with van der Waals surface area (Å²) in [4.78, 5) is 4.91. The van der Waals surface area contributed by atoms with Crippen LogP contribution in [0.5, 0.6) is 0 Å². The van der Waals surface area contributed by atoms with Crippen LogP contribution >= 0.6 is 23.2 Å². The molecule has 0 bridgehead atoms. The fourth-order valence-corrected chi connectivity index (χ4v) is 3.73. The van der Waals surface area contributed by atoms with E-state index in [-0.39, 0.29) is 5.41 Å². The Labute approximate surface area is 153 Å². The molecule has 3 nitrogen and oxygen atoms in total. The first-order chi connectivity index (χ1) is 11.3. The second-order valence-corrected chi connectivity index (χ2v) is 8.44. The van der Waals surface area contributed by atoms with Gasteiger partial charge in [-0.1, -0.05) is 44.0 Å². The Balaban J connectivity index is 1.96. The second kappa shape index (κ2) is 7.07. The smallest absolute Gasteiger partial charge is 0.114 e. The fraction of sp³-hybridized carbons (Fsp3) is 0.526. The molecule has 1 fully saturated rings. The average molecular weight is 367 g/mol. The largest absolute Gasteiger partial charge is 0.381 e. The van der Waals surface area contributed by atoms with Gasteiger partial charge in [0, 0.05) is 47.0 Å². The number of ether oxygens (including phenoxy) is 1. The topological polar surface area (TPSA) is 27.1 Å². The van der Waals surface area contributed by atoms with Gasteiger partial charge in [-0.25, -0.2) is 4.98 Å². The lowest BCUT2D eigenvalue weighted by Gasteiger charge is -2.25. The summed E-state index contributed by atoms with van der Waals surface area (Å²) in [5, 5.41) is 1.27. The minimum atomic E-state index is -0.0220. The number of aromatic nitrogens is 2. The highest BCUT2D eigenvalue weighted by molar-refractivity contribution is 6.35. The standard InChI is InChI=1S/C19H24Cl2N2O/c1-19(2,3)18-22-17(14-8-15(20)10-16(21)9-14)12-23(18)11-13-4-6-24-7-5-13/h8-10,12-13H,4-7,11H2,1-3H3. The summed E-state index contributed by atoms with van der Waals surface area (Å²) in [6, 6.07) is 5.58. The van der Waals surface area contributed by atoms with Gasteiger partial charge in [0.15, 0.2) is 0 Å². The lowest BCUT2D eigenvalue weighted by atomic mass is 9.94. The molecule has 0 radical (unpaired) electrons. The molecule has 1 aromatic heterocycles. The molecule has 3 rings (SSSR count). The van der Waals surface area contributed by atoms with Crippen LogP contribution in [0.2, 0.25) is 10.0 Å². The van der Waals surface area contributed by atoms with E-state index in [9.17, 15) is 0 Å². The highest BCUT2D eigenvalue weighted by atomic mass is 35.5. The Bertz CT molecular complexity index is 692. The van der Waals surface area contributed by atoms with Gasteiger partial charge in [-0.2, -0.15) is 0 Å². The maximum Gasteiger partial charge on any atom is 0.114 e. The molecule has 0 aliphatic carbocycles. The van der Waals surface area contributed by atoms with Crippen LogP contribution in [-0.4, -0.2) is 22.8 Å². The van der Waals surface area contributed by atoms with Gasteiger partial charge in [-0.05, 0) is 37.0 Å². The van der Waals surface area contributed by atoms with Crippen molar-refractivity contribution in [1.82, 2.24) is 9.55 Å². The monoisotopic (exact) mass is 366 g/mol. The van der Waals surface area contributed by atoms with Crippen molar-refractivity contribution in [2.24, 2.45) is 5.92 Å². The zero-order valence-corrected chi connectivity index (χ0v) is 16.0. The summed E-state index contributed by atoms with van der Waals surface area (Å²) < 4.78 is 7.79. The van der Waals surface area contributed by atoms with Crippen molar-refractivity contribution in [2.75, 3.05) is 13.2 Å². The molecule has 1 aromatic carbocycles. The van der Waals surface area contributed by atoms with E-state index < -0.39 is 0 Å². The lowest BCUT2D eigenvalue weighted by Crippen LogP contribution is -2.24. The Morgan fingerprint density at radius 2 is 1.75 bits per heavy atom. The third-order valence-electron chi connectivity index (χ3n) is 4.40. The van der Waals surface area contributed by atoms with Crippen molar-refractivity contribution in [1.29, 1.82) is 0 Å². The van der Waals surface area contributed by atoms with E-state index in [1.807, 2.05) is 12.1 Å². The maximum absolute atomic E-state index is 6.16. The molecule has 1 aliphatic heterocycles. The van der Waals surface area contributed by atoms with Crippen molar-refractivity contribution in [2.45, 2.75) is 45.6 Å². The number of nitrogens with zero attached hydrogens (tertiary/aromatic N) is 2. The minimum absolute atomic E-state index is 0.0220. The molecule has 2 heterocycles. The normalized spacial score (nSPS) is 16.5. The predicted molar refractivity (Wildman–Crippen MR) is 99.9 cm³/mol. The quantitative estimate of drug-likeness (QED) is 0.708. The molecule has 0 saturated carbocycles. The van der Waals surface area contributed by atoms with E-state index in [1.54, 1.807) is 6.07 Å². The first-order valence-electron chi connectivity index (χ1n) is 8.45. The minimum Gasteiger partial charge on any atom is -0.381 e. The van der Waals surface area contributed by atoms with Crippen molar-refractivity contribution < 1.29 is 4.74 Å². The van der Waals surface area contributed by atoms with E-state index in [0.717, 1.165) is 49.7 Å². The zero-order valence-electron chi connectivity index (χ0n) is 14.5. The summed E-state index contributed by atoms with van der Waals surface area (Å²) in [6.45, 7) is 9.30. The first-order valence-corrected chi connectivity index (χ1v) is 9.20. The van der Waals surface area contributed by atoms with Crippen molar-refractivity contribution in [3.05, 3.63) is 40.3 Å². The Kier molecular flexibility index (Phi) is 5.24. The molecule has 2 aromatic rings. The molecule has 1 saturated heterocycles. The molecule has 24 heavy (non-hydrogen) atoms. The molecular formula is C19H24Cl2N2O. The molecule has 0 atom stereocenters. The molecular weight excluding hydrogens is 343 g/mol. The first kappa shape index (κ1) is 17.8. The second-order valence-electron chi connectivity index (χ2n) is 7.57. The van der Waals surface area contributed by atoms with Crippen molar-refractivity contribution >= 4 is 23.2 Å². The van der Waals surface area contributed by atoms with Gasteiger partial charge in [0.05, 0.1) is 5.69 Å². The highest BCUT2D eigenvalue weighted by Gasteiger charge is 2.24. The third-order valence-corrected chi connectivity index (χ3v) is 4.84. The molecule has 0 N–H and O–H groups in total. The predicted octanol–water partition coefficient (Wildman–Crippen LogP) is 5.58. The number of hydrogen-bond acceptors (Lipinski definition) is 2. The number of hydrogen-bond donors (Lipinski definition) is 0. The summed E-state index contributed by atoms with van der Waals surface area (Å²) in [5.74, 6) is 1.74. The molecule has 1 aliphatic rings. The van der Waals surface area contributed by atoms with E-state index in [0.29, 0.717) is 16.0 Å². The zero-order chi connectivity index (χ0) is 17.3. The van der Waals surface area contributed by atoms with Crippen LogP contribution in [-0.2, 0) is 16.7 Å². The lowest BCUT2D eigenvalue weighted by molar-refractivity contribution is 0.0608. The number of imidazole rings is 1. The van der Waals surface area contributed by atoms with Crippen LogP contribution < -0.4 is 0 Å². The number of rotatable bonds is 3. The van der Waals surface area contributed by atoms with Crippen LogP contribution in [0.4, 0.5) is 0 Å². The number of halogens is 2. The summed E-state index contributed by atoms with van der Waals surface area (Å²) in [7, 11) is 0. The van der Waals surface area contributed by atoms with E-state index in [1.165, 1.54) is 0 Å². The molecule has 5 heteroatoms. The molecule has 0 unspecified atom stereocenters. The fourth-order valence-electron chi connectivity index (χ4n) is 3.20. The van der Waals surface area contributed by atoms with Crippen molar-refractivity contribution in [3.63, 3.8) is 0 Å². The van der Waals surface area contributed by atoms with Crippen LogP contribution in [0.1, 0.15) is 39.4 Å². The van der Waals surface area contributed by atoms with Gasteiger partial charge in [0.25, 0.3) is 0 Å². The van der Waals surface area contributed by atoms with Crippen LogP contribution in [0.3, 0.4) is 0 Å². The summed E-state index contributed by atoms with van der Waals surface area (Å²) >= 11 is 12.3. The van der Waals surface area contributed by atoms with Gasteiger partial charge in [-0.3, -0.25) is 0 Å². The van der Waals surface area contributed by atoms with Crippen LogP contribution in [0.15, 0.2) is 24.4 Å². The Hall–Kier alpha value is -1.03. The average Bonchev–Trinajstić information content (AvgIpc) is 2.91. The number of benzene rings is 1. The third kappa shape index (κ3) is 4.14. The summed E-state index contributed by atoms with van der Waals surface area (Å²) in [6.07, 6.45) is 4.36. The maximum atomic E-state index is 6.16. The van der Waals surface area contributed by atoms with Gasteiger partial charge in [0.2, 0.25) is 0 Å². The van der Waals surface area contributed by atoms with Crippen LogP contribution in [0, 0.1) is 5.92 Å². The van der Waals surface area contributed by atoms with E-state index in [2.05, 4.69) is 31.5 Å². The molecule has 0 spiro atoms. The van der Waals surface area contributed by atoms with Crippen molar-refractivity contribution in [3.8, 4) is 11.3 Å². The van der Waals surface area contributed by atoms with Gasteiger partial charge < -0.3 is 9.30 Å². The SMILES string of the molecule is CC(C)(C)c1nc(-c2cc(Cl)cc(Cl)c2)cn1CC1CCOCC1. The molecule has 0 amide bonds. The van der Waals surface area contributed by atoms with E-state index in [4.69, 9.17) is 32.9 Å². The molecule has 130 valence electrons. The Morgan fingerprint density at radius 3 is 2.33 bits per heavy atom. The van der Waals surface area contributed by atoms with Crippen LogP contribution in [0.25, 0.3) is 11.3 Å². The van der Waals surface area contributed by atoms with E-state index >= 15 is 0 Å². The summed E-state index contributed by atoms with van der Waals surface area (Å²) in [5.41, 5.74) is 1.87. The Morgan fingerprint density at radius 1 is 1.12 bits per heavy atom. The highest BCUT2D eigenvalue weighted by Crippen LogP contribution is 2.31. The van der Waals surface area contributed by atoms with Gasteiger partial charge in [-0.15, -0.1) is 0 Å². The van der Waals surface area contributed by atoms with Gasteiger partial charge >= 0.3 is 0 Å². The van der Waals surface area contributed by atoms with Gasteiger partial charge in [0.1, 0.15) is 5.82 Å².